The molecule has 0 aromatic rings. The Morgan fingerprint density at radius 3 is 2.56 bits per heavy atom. The van der Waals surface area contributed by atoms with E-state index in [0.717, 1.165) is 39.0 Å². The standard InChI is InChI=1S/C13H28N4O/c1-3-17(4-2)8-7-15-12(10-14)9-13(18)16-11-5-6-11/h11-12,15H,3-10,14H2,1-2H3,(H,16,18). The van der Waals surface area contributed by atoms with E-state index < -0.39 is 0 Å². The summed E-state index contributed by atoms with van der Waals surface area (Å²) in [5.41, 5.74) is 5.69. The van der Waals surface area contributed by atoms with Gasteiger partial charge in [-0.1, -0.05) is 13.8 Å². The van der Waals surface area contributed by atoms with Crippen LogP contribution in [0, 0.1) is 0 Å². The zero-order valence-electron chi connectivity index (χ0n) is 11.7. The van der Waals surface area contributed by atoms with Gasteiger partial charge < -0.3 is 21.3 Å². The quantitative estimate of drug-likeness (QED) is 0.511. The maximum absolute atomic E-state index is 11.7. The second-order valence-electron chi connectivity index (χ2n) is 4.96. The van der Waals surface area contributed by atoms with Crippen molar-refractivity contribution in [2.45, 2.75) is 45.2 Å². The Bertz CT molecular complexity index is 239. The summed E-state index contributed by atoms with van der Waals surface area (Å²) in [6.45, 7) is 8.85. The molecule has 1 unspecified atom stereocenters. The average molecular weight is 256 g/mol. The lowest BCUT2D eigenvalue weighted by Gasteiger charge is -2.21. The van der Waals surface area contributed by atoms with Crippen LogP contribution in [0.3, 0.4) is 0 Å². The summed E-state index contributed by atoms with van der Waals surface area (Å²) < 4.78 is 0. The van der Waals surface area contributed by atoms with Crippen molar-refractivity contribution < 1.29 is 4.79 Å². The van der Waals surface area contributed by atoms with Gasteiger partial charge in [0.05, 0.1) is 0 Å². The maximum atomic E-state index is 11.7. The minimum atomic E-state index is 0.0966. The molecule has 0 spiro atoms. The predicted octanol–water partition coefficient (Wildman–Crippen LogP) is -0.0862. The van der Waals surface area contributed by atoms with Gasteiger partial charge >= 0.3 is 0 Å². The third-order valence-electron chi connectivity index (χ3n) is 3.41. The molecule has 0 saturated heterocycles. The van der Waals surface area contributed by atoms with E-state index in [1.807, 2.05) is 0 Å². The lowest BCUT2D eigenvalue weighted by Crippen LogP contribution is -2.44. The molecule has 0 bridgehead atoms. The van der Waals surface area contributed by atoms with Crippen LogP contribution in [0.2, 0.25) is 0 Å². The van der Waals surface area contributed by atoms with Crippen molar-refractivity contribution >= 4 is 5.91 Å². The Morgan fingerprint density at radius 1 is 1.39 bits per heavy atom. The Balaban J connectivity index is 2.13. The molecule has 106 valence electrons. The van der Waals surface area contributed by atoms with Crippen molar-refractivity contribution in [3.8, 4) is 0 Å². The summed E-state index contributed by atoms with van der Waals surface area (Å²) in [6, 6.07) is 0.533. The highest BCUT2D eigenvalue weighted by Gasteiger charge is 2.24. The van der Waals surface area contributed by atoms with Crippen LogP contribution in [-0.4, -0.2) is 55.6 Å². The van der Waals surface area contributed by atoms with Crippen LogP contribution in [0.25, 0.3) is 0 Å². The number of carbonyl (C=O) groups excluding carboxylic acids is 1. The molecule has 5 heteroatoms. The molecule has 0 radical (unpaired) electrons. The molecular weight excluding hydrogens is 228 g/mol. The largest absolute Gasteiger partial charge is 0.353 e. The third kappa shape index (κ3) is 6.33. The molecule has 0 aromatic carbocycles. The number of rotatable bonds is 10. The molecule has 5 nitrogen and oxygen atoms in total. The highest BCUT2D eigenvalue weighted by molar-refractivity contribution is 5.77. The van der Waals surface area contributed by atoms with Crippen LogP contribution >= 0.6 is 0 Å². The smallest absolute Gasteiger partial charge is 0.221 e. The summed E-state index contributed by atoms with van der Waals surface area (Å²) >= 11 is 0. The third-order valence-corrected chi connectivity index (χ3v) is 3.41. The number of amides is 1. The predicted molar refractivity (Wildman–Crippen MR) is 74.4 cm³/mol. The van der Waals surface area contributed by atoms with Crippen molar-refractivity contribution in [1.29, 1.82) is 0 Å². The number of likely N-dealkylation sites (N-methyl/N-ethyl adjacent to an activating group) is 1. The van der Waals surface area contributed by atoms with Crippen molar-refractivity contribution in [3.05, 3.63) is 0 Å². The normalized spacial score (nSPS) is 16.9. The number of nitrogens with zero attached hydrogens (tertiary/aromatic N) is 1. The minimum absolute atomic E-state index is 0.0966. The van der Waals surface area contributed by atoms with Crippen molar-refractivity contribution in [2.75, 3.05) is 32.7 Å². The van der Waals surface area contributed by atoms with E-state index in [2.05, 4.69) is 29.4 Å². The fraction of sp³-hybridized carbons (Fsp3) is 0.923. The molecule has 0 heterocycles. The molecular formula is C13H28N4O. The second kappa shape index (κ2) is 8.45. The molecule has 18 heavy (non-hydrogen) atoms. The highest BCUT2D eigenvalue weighted by atomic mass is 16.1. The van der Waals surface area contributed by atoms with Crippen molar-refractivity contribution in [3.63, 3.8) is 0 Å². The lowest BCUT2D eigenvalue weighted by atomic mass is 10.2. The number of hydrogen-bond acceptors (Lipinski definition) is 4. The number of nitrogens with two attached hydrogens (primary N) is 1. The Morgan fingerprint density at radius 2 is 2.06 bits per heavy atom. The van der Waals surface area contributed by atoms with Crippen LogP contribution in [0.1, 0.15) is 33.1 Å². The van der Waals surface area contributed by atoms with Gasteiger partial charge in [-0.15, -0.1) is 0 Å². The highest BCUT2D eigenvalue weighted by Crippen LogP contribution is 2.18. The van der Waals surface area contributed by atoms with Crippen LogP contribution < -0.4 is 16.4 Å². The maximum Gasteiger partial charge on any atom is 0.221 e. The molecule has 1 aliphatic rings. The average Bonchev–Trinajstić information content (AvgIpc) is 3.17. The van der Waals surface area contributed by atoms with Gasteiger partial charge in [0, 0.05) is 38.1 Å². The summed E-state index contributed by atoms with van der Waals surface area (Å²) in [6.07, 6.45) is 2.76. The molecule has 4 N–H and O–H groups in total. The van der Waals surface area contributed by atoms with Crippen LogP contribution in [0.4, 0.5) is 0 Å². The molecule has 1 rings (SSSR count). The van der Waals surface area contributed by atoms with E-state index in [1.54, 1.807) is 0 Å². The van der Waals surface area contributed by atoms with Crippen LogP contribution in [0.5, 0.6) is 0 Å². The van der Waals surface area contributed by atoms with Gasteiger partial charge in [0.25, 0.3) is 0 Å². The van der Waals surface area contributed by atoms with E-state index in [0.29, 0.717) is 19.0 Å². The number of nitrogens with one attached hydrogen (secondary N) is 2. The number of hydrogen-bond donors (Lipinski definition) is 3. The van der Waals surface area contributed by atoms with Gasteiger partial charge in [-0.25, -0.2) is 0 Å². The Labute approximate surface area is 110 Å². The molecule has 0 aliphatic heterocycles. The van der Waals surface area contributed by atoms with Gasteiger partial charge in [0.2, 0.25) is 5.91 Å². The number of carbonyl (C=O) groups is 1. The fourth-order valence-corrected chi connectivity index (χ4v) is 1.94. The first-order valence-electron chi connectivity index (χ1n) is 7.14. The van der Waals surface area contributed by atoms with Gasteiger partial charge in [0.15, 0.2) is 0 Å². The lowest BCUT2D eigenvalue weighted by molar-refractivity contribution is -0.121. The topological polar surface area (TPSA) is 70.4 Å². The first-order valence-corrected chi connectivity index (χ1v) is 7.14. The summed E-state index contributed by atoms with van der Waals surface area (Å²) in [5, 5.41) is 6.36. The van der Waals surface area contributed by atoms with Gasteiger partial charge in [0.1, 0.15) is 0 Å². The molecule has 1 fully saturated rings. The van der Waals surface area contributed by atoms with Crippen molar-refractivity contribution in [1.82, 2.24) is 15.5 Å². The van der Waals surface area contributed by atoms with Crippen LogP contribution in [-0.2, 0) is 4.79 Å². The van der Waals surface area contributed by atoms with Gasteiger partial charge in [-0.05, 0) is 25.9 Å². The van der Waals surface area contributed by atoms with Gasteiger partial charge in [-0.2, -0.15) is 0 Å². The molecule has 0 aromatic heterocycles. The fourth-order valence-electron chi connectivity index (χ4n) is 1.94. The van der Waals surface area contributed by atoms with Gasteiger partial charge in [-0.3, -0.25) is 4.79 Å². The summed E-state index contributed by atoms with van der Waals surface area (Å²) in [5.74, 6) is 0.128. The molecule has 1 atom stereocenters. The Kier molecular flexibility index (Phi) is 7.23. The summed E-state index contributed by atoms with van der Waals surface area (Å²) in [7, 11) is 0. The first kappa shape index (κ1) is 15.4. The van der Waals surface area contributed by atoms with E-state index >= 15 is 0 Å². The van der Waals surface area contributed by atoms with E-state index in [1.165, 1.54) is 0 Å². The molecule has 1 aliphatic carbocycles. The zero-order chi connectivity index (χ0) is 13.4. The minimum Gasteiger partial charge on any atom is -0.353 e. The van der Waals surface area contributed by atoms with Crippen molar-refractivity contribution in [2.24, 2.45) is 5.73 Å². The molecule has 1 amide bonds. The van der Waals surface area contributed by atoms with E-state index in [4.69, 9.17) is 5.73 Å². The SMILES string of the molecule is CCN(CC)CCNC(CN)CC(=O)NC1CC1. The van der Waals surface area contributed by atoms with E-state index in [-0.39, 0.29) is 11.9 Å². The monoisotopic (exact) mass is 256 g/mol. The van der Waals surface area contributed by atoms with E-state index in [9.17, 15) is 4.79 Å². The zero-order valence-corrected chi connectivity index (χ0v) is 11.7. The Hall–Kier alpha value is -0.650. The second-order valence-corrected chi connectivity index (χ2v) is 4.96. The molecule has 1 saturated carbocycles. The van der Waals surface area contributed by atoms with Crippen LogP contribution in [0.15, 0.2) is 0 Å². The first-order chi connectivity index (χ1) is 8.69. The summed E-state index contributed by atoms with van der Waals surface area (Å²) in [4.78, 5) is 14.0.